The molecule has 2 aromatic rings. The molecule has 2 rings (SSSR count). The molecule has 0 aliphatic carbocycles. The summed E-state index contributed by atoms with van der Waals surface area (Å²) in [6.07, 6.45) is -1.10. The number of halogens is 2. The molecule has 2 aromatic carbocycles. The third-order valence-electron chi connectivity index (χ3n) is 4.09. The first-order chi connectivity index (χ1) is 13.7. The van der Waals surface area contributed by atoms with E-state index in [0.29, 0.717) is 21.3 Å². The van der Waals surface area contributed by atoms with Crippen molar-refractivity contribution in [1.82, 2.24) is 5.32 Å². The second kappa shape index (κ2) is 10.3. The van der Waals surface area contributed by atoms with E-state index in [-0.39, 0.29) is 5.92 Å². The van der Waals surface area contributed by atoms with Gasteiger partial charge in [-0.3, -0.25) is 9.59 Å². The molecule has 0 bridgehead atoms. The number of hydrogen-bond donors (Lipinski definition) is 2. The molecule has 0 saturated carbocycles. The number of nitrogens with one attached hydrogen (secondary N) is 2. The number of anilines is 1. The first kappa shape index (κ1) is 22.7. The van der Waals surface area contributed by atoms with E-state index in [1.807, 2.05) is 0 Å². The third kappa shape index (κ3) is 6.48. The van der Waals surface area contributed by atoms with Crippen LogP contribution in [0.25, 0.3) is 0 Å². The summed E-state index contributed by atoms with van der Waals surface area (Å²) in [6, 6.07) is 12.2. The third-order valence-corrected chi connectivity index (χ3v) is 4.66. The van der Waals surface area contributed by atoms with Crippen molar-refractivity contribution < 1.29 is 19.1 Å². The van der Waals surface area contributed by atoms with Crippen LogP contribution in [0.3, 0.4) is 0 Å². The zero-order chi connectivity index (χ0) is 21.6. The Balaban J connectivity index is 2.01. The van der Waals surface area contributed by atoms with Gasteiger partial charge in [0.2, 0.25) is 0 Å². The maximum absolute atomic E-state index is 12.6. The number of rotatable bonds is 7. The SMILES string of the molecule is CC(OC(=O)[C@@H](NC(=O)c1ccccc1)C(C)C)C(=O)Nc1cc(Cl)ccc1Cl. The molecular formula is C21H22Cl2N2O4. The van der Waals surface area contributed by atoms with Crippen LogP contribution >= 0.6 is 23.2 Å². The largest absolute Gasteiger partial charge is 0.451 e. The zero-order valence-electron chi connectivity index (χ0n) is 16.2. The normalized spacial score (nSPS) is 12.8. The smallest absolute Gasteiger partial charge is 0.329 e. The Morgan fingerprint density at radius 1 is 0.966 bits per heavy atom. The number of carbonyl (C=O) groups excluding carboxylic acids is 3. The Hall–Kier alpha value is -2.57. The summed E-state index contributed by atoms with van der Waals surface area (Å²) in [5.41, 5.74) is 0.734. The molecule has 0 aliphatic heterocycles. The predicted octanol–water partition coefficient (Wildman–Crippen LogP) is 4.32. The van der Waals surface area contributed by atoms with Crippen molar-refractivity contribution in [3.63, 3.8) is 0 Å². The van der Waals surface area contributed by atoms with E-state index in [9.17, 15) is 14.4 Å². The van der Waals surface area contributed by atoms with E-state index in [4.69, 9.17) is 27.9 Å². The fourth-order valence-electron chi connectivity index (χ4n) is 2.44. The molecule has 2 N–H and O–H groups in total. The highest BCUT2D eigenvalue weighted by Crippen LogP contribution is 2.25. The van der Waals surface area contributed by atoms with Crippen LogP contribution in [0.15, 0.2) is 48.5 Å². The summed E-state index contributed by atoms with van der Waals surface area (Å²) in [5.74, 6) is -1.92. The average Bonchev–Trinajstić information content (AvgIpc) is 2.68. The molecule has 29 heavy (non-hydrogen) atoms. The number of carbonyl (C=O) groups is 3. The Bertz CT molecular complexity index is 888. The van der Waals surface area contributed by atoms with Gasteiger partial charge in [-0.1, -0.05) is 55.2 Å². The van der Waals surface area contributed by atoms with Crippen LogP contribution in [-0.4, -0.2) is 29.9 Å². The Kier molecular flexibility index (Phi) is 8.05. The van der Waals surface area contributed by atoms with Gasteiger partial charge in [0.05, 0.1) is 10.7 Å². The number of esters is 1. The van der Waals surface area contributed by atoms with Crippen LogP contribution in [0.1, 0.15) is 31.1 Å². The summed E-state index contributed by atoms with van der Waals surface area (Å²) in [5, 5.41) is 5.93. The number of benzene rings is 2. The first-order valence-corrected chi connectivity index (χ1v) is 9.77. The van der Waals surface area contributed by atoms with E-state index in [2.05, 4.69) is 10.6 Å². The topological polar surface area (TPSA) is 84.5 Å². The van der Waals surface area contributed by atoms with Gasteiger partial charge in [-0.25, -0.2) is 4.79 Å². The molecule has 2 amide bonds. The molecule has 0 radical (unpaired) electrons. The molecule has 0 aromatic heterocycles. The number of ether oxygens (including phenoxy) is 1. The average molecular weight is 437 g/mol. The monoisotopic (exact) mass is 436 g/mol. The lowest BCUT2D eigenvalue weighted by Crippen LogP contribution is -2.47. The lowest BCUT2D eigenvalue weighted by atomic mass is 10.0. The lowest BCUT2D eigenvalue weighted by molar-refractivity contribution is -0.156. The highest BCUT2D eigenvalue weighted by Gasteiger charge is 2.29. The van der Waals surface area contributed by atoms with Crippen LogP contribution < -0.4 is 10.6 Å². The van der Waals surface area contributed by atoms with E-state index in [0.717, 1.165) is 0 Å². The Morgan fingerprint density at radius 2 is 1.62 bits per heavy atom. The molecular weight excluding hydrogens is 415 g/mol. The summed E-state index contributed by atoms with van der Waals surface area (Å²) < 4.78 is 5.27. The summed E-state index contributed by atoms with van der Waals surface area (Å²) in [7, 11) is 0. The molecule has 0 saturated heterocycles. The molecule has 8 heteroatoms. The highest BCUT2D eigenvalue weighted by atomic mass is 35.5. The van der Waals surface area contributed by atoms with Crippen LogP contribution in [0, 0.1) is 5.92 Å². The minimum Gasteiger partial charge on any atom is -0.451 e. The van der Waals surface area contributed by atoms with E-state index < -0.39 is 29.9 Å². The van der Waals surface area contributed by atoms with Gasteiger partial charge in [0.15, 0.2) is 6.10 Å². The maximum Gasteiger partial charge on any atom is 0.329 e. The van der Waals surface area contributed by atoms with Crippen molar-refractivity contribution in [2.24, 2.45) is 5.92 Å². The molecule has 0 fully saturated rings. The highest BCUT2D eigenvalue weighted by molar-refractivity contribution is 6.35. The summed E-state index contributed by atoms with van der Waals surface area (Å²) >= 11 is 11.9. The number of hydrogen-bond acceptors (Lipinski definition) is 4. The van der Waals surface area contributed by atoms with Crippen LogP contribution in [0.4, 0.5) is 5.69 Å². The minimum absolute atomic E-state index is 0.243. The van der Waals surface area contributed by atoms with Crippen LogP contribution in [0.5, 0.6) is 0 Å². The van der Waals surface area contributed by atoms with Crippen molar-refractivity contribution >= 4 is 46.7 Å². The Morgan fingerprint density at radius 3 is 2.24 bits per heavy atom. The van der Waals surface area contributed by atoms with Gasteiger partial charge in [0, 0.05) is 10.6 Å². The fourth-order valence-corrected chi connectivity index (χ4v) is 2.78. The van der Waals surface area contributed by atoms with E-state index in [1.165, 1.54) is 13.0 Å². The fraction of sp³-hybridized carbons (Fsp3) is 0.286. The van der Waals surface area contributed by atoms with Gasteiger partial charge >= 0.3 is 5.97 Å². The molecule has 0 spiro atoms. The van der Waals surface area contributed by atoms with Gasteiger partial charge in [-0.15, -0.1) is 0 Å². The van der Waals surface area contributed by atoms with Crippen LogP contribution in [0.2, 0.25) is 10.0 Å². The molecule has 2 atom stereocenters. The standard InChI is InChI=1S/C21H22Cl2N2O4/c1-12(2)18(25-20(27)14-7-5-4-6-8-14)21(28)29-13(3)19(26)24-17-11-15(22)9-10-16(17)23/h4-13,18H,1-3H3,(H,24,26)(H,25,27)/t13?,18-/m0/s1. The molecule has 0 aliphatic rings. The zero-order valence-corrected chi connectivity index (χ0v) is 17.8. The van der Waals surface area contributed by atoms with Gasteiger partial charge in [-0.05, 0) is 43.2 Å². The van der Waals surface area contributed by atoms with Gasteiger partial charge in [0.1, 0.15) is 6.04 Å². The van der Waals surface area contributed by atoms with E-state index >= 15 is 0 Å². The summed E-state index contributed by atoms with van der Waals surface area (Å²) in [6.45, 7) is 4.98. The van der Waals surface area contributed by atoms with Crippen molar-refractivity contribution in [3.8, 4) is 0 Å². The van der Waals surface area contributed by atoms with Gasteiger partial charge < -0.3 is 15.4 Å². The molecule has 6 nitrogen and oxygen atoms in total. The minimum atomic E-state index is -1.10. The lowest BCUT2D eigenvalue weighted by Gasteiger charge is -2.23. The van der Waals surface area contributed by atoms with Crippen molar-refractivity contribution in [2.75, 3.05) is 5.32 Å². The summed E-state index contributed by atoms with van der Waals surface area (Å²) in [4.78, 5) is 37.3. The molecule has 1 unspecified atom stereocenters. The van der Waals surface area contributed by atoms with E-state index in [1.54, 1.807) is 56.3 Å². The second-order valence-corrected chi connectivity index (χ2v) is 7.60. The first-order valence-electron chi connectivity index (χ1n) is 9.01. The molecule has 0 heterocycles. The predicted molar refractivity (Wildman–Crippen MR) is 113 cm³/mol. The quantitative estimate of drug-likeness (QED) is 0.632. The van der Waals surface area contributed by atoms with Crippen molar-refractivity contribution in [2.45, 2.75) is 32.9 Å². The Labute approximate surface area is 179 Å². The maximum atomic E-state index is 12.6. The van der Waals surface area contributed by atoms with Crippen molar-refractivity contribution in [3.05, 3.63) is 64.1 Å². The van der Waals surface area contributed by atoms with Gasteiger partial charge in [0.25, 0.3) is 11.8 Å². The van der Waals surface area contributed by atoms with Crippen LogP contribution in [-0.2, 0) is 14.3 Å². The number of amides is 2. The molecule has 154 valence electrons. The second-order valence-electron chi connectivity index (χ2n) is 6.75. The van der Waals surface area contributed by atoms with Gasteiger partial charge in [-0.2, -0.15) is 0 Å². The van der Waals surface area contributed by atoms with Crippen molar-refractivity contribution in [1.29, 1.82) is 0 Å².